The Hall–Kier alpha value is -6.75. The van der Waals surface area contributed by atoms with E-state index >= 15 is 0 Å². The van der Waals surface area contributed by atoms with Crippen molar-refractivity contribution in [1.82, 2.24) is 29.2 Å². The summed E-state index contributed by atoms with van der Waals surface area (Å²) in [5.74, 6) is 4.62. The molecule has 0 atom stereocenters. The fourth-order valence-electron chi connectivity index (χ4n) is 10.1. The van der Waals surface area contributed by atoms with E-state index in [1.165, 1.54) is 5.56 Å². The summed E-state index contributed by atoms with van der Waals surface area (Å²) in [6.45, 7) is 15.8. The minimum atomic E-state index is -0.586. The number of methoxy groups -OCH3 is 2. The molecule has 0 bridgehead atoms. The van der Waals surface area contributed by atoms with Crippen LogP contribution in [0.5, 0.6) is 34.5 Å². The highest BCUT2D eigenvalue weighted by molar-refractivity contribution is 5.81. The molecule has 4 aliphatic heterocycles. The normalized spacial score (nSPS) is 16.4. The van der Waals surface area contributed by atoms with E-state index in [1.54, 1.807) is 26.4 Å². The highest BCUT2D eigenvalue weighted by Crippen LogP contribution is 2.33. The first-order valence-corrected chi connectivity index (χ1v) is 25.7. The molecule has 6 heterocycles. The Kier molecular flexibility index (Phi) is 16.4. The molecule has 10 rings (SSSR count). The standard InChI is InChI=1S/C31H39N3O6.C26H31N3O4/c1-31(2,3)40-30(36)34(21-22-5-9-27-28(19-22)39-18-17-38-27)24-11-13-32(14-12-24)15-16-33-26-20-25(37-4)8-6-23(26)7-10-29(33)35;1-31-22-5-3-20-4-7-26(30)29(23(20)17-22)13-12-28-10-8-21(9-11-28)27-18-19-2-6-24-25(16-19)33-15-14-32-24/h5-10,19-20,24H,11-18,21H2,1-4H3;2-7,16-17,21,27H,8-15,18H2,1H3. The molecule has 4 aliphatic rings. The van der Waals surface area contributed by atoms with Gasteiger partial charge in [0.15, 0.2) is 23.0 Å². The summed E-state index contributed by atoms with van der Waals surface area (Å²) >= 11 is 0. The summed E-state index contributed by atoms with van der Waals surface area (Å²) in [6.07, 6.45) is 3.53. The summed E-state index contributed by atoms with van der Waals surface area (Å²) in [5, 5.41) is 5.75. The second-order valence-electron chi connectivity index (χ2n) is 20.1. The van der Waals surface area contributed by atoms with E-state index in [4.69, 9.17) is 33.2 Å². The monoisotopic (exact) mass is 999 g/mol. The lowest BCUT2D eigenvalue weighted by atomic mass is 10.0. The zero-order chi connectivity index (χ0) is 50.9. The van der Waals surface area contributed by atoms with Gasteiger partial charge in [0.05, 0.1) is 25.3 Å². The number of likely N-dealkylation sites (tertiary alicyclic amines) is 2. The predicted octanol–water partition coefficient (Wildman–Crippen LogP) is 7.72. The average molecular weight is 999 g/mol. The van der Waals surface area contributed by atoms with E-state index in [0.717, 1.165) is 128 Å². The number of pyridine rings is 2. The van der Waals surface area contributed by atoms with Crippen molar-refractivity contribution in [3.8, 4) is 34.5 Å². The second-order valence-corrected chi connectivity index (χ2v) is 20.1. The number of aromatic nitrogens is 2. The number of nitrogens with one attached hydrogen (secondary N) is 1. The van der Waals surface area contributed by atoms with Gasteiger partial charge in [0.2, 0.25) is 0 Å². The van der Waals surface area contributed by atoms with Crippen LogP contribution in [0.4, 0.5) is 4.79 Å². The molecule has 2 saturated heterocycles. The Balaban J connectivity index is 0.000000183. The Morgan fingerprint density at radius 1 is 0.589 bits per heavy atom. The maximum Gasteiger partial charge on any atom is 0.410 e. The topological polar surface area (TPSA) is 147 Å². The van der Waals surface area contributed by atoms with Gasteiger partial charge in [-0.25, -0.2) is 4.79 Å². The third kappa shape index (κ3) is 13.1. The number of hydrogen-bond donors (Lipinski definition) is 1. The van der Waals surface area contributed by atoms with Gasteiger partial charge in [-0.05, 0) is 142 Å². The number of ether oxygens (including phenoxy) is 7. The molecule has 16 heteroatoms. The second kappa shape index (κ2) is 23.4. The molecule has 388 valence electrons. The molecule has 0 radical (unpaired) electrons. The lowest BCUT2D eigenvalue weighted by Crippen LogP contribution is -2.49. The summed E-state index contributed by atoms with van der Waals surface area (Å²) in [5.41, 5.74) is 3.42. The third-order valence-corrected chi connectivity index (χ3v) is 14.1. The van der Waals surface area contributed by atoms with E-state index in [9.17, 15) is 14.4 Å². The molecule has 0 unspecified atom stereocenters. The molecule has 0 aliphatic carbocycles. The van der Waals surface area contributed by atoms with Gasteiger partial charge in [-0.15, -0.1) is 0 Å². The Morgan fingerprint density at radius 3 is 1.56 bits per heavy atom. The van der Waals surface area contributed by atoms with E-state index in [-0.39, 0.29) is 23.3 Å². The molecule has 2 fully saturated rings. The maximum atomic E-state index is 13.3. The molecule has 0 saturated carbocycles. The van der Waals surface area contributed by atoms with Gasteiger partial charge in [0.1, 0.15) is 43.5 Å². The first kappa shape index (κ1) is 51.2. The summed E-state index contributed by atoms with van der Waals surface area (Å²) in [7, 11) is 3.28. The summed E-state index contributed by atoms with van der Waals surface area (Å²) in [6, 6.07) is 31.3. The maximum absolute atomic E-state index is 13.3. The minimum absolute atomic E-state index is 0.0221. The van der Waals surface area contributed by atoms with Gasteiger partial charge in [-0.2, -0.15) is 0 Å². The number of fused-ring (bicyclic) bond motifs is 4. The number of amides is 1. The van der Waals surface area contributed by atoms with Crippen molar-refractivity contribution in [3.63, 3.8) is 0 Å². The number of benzene rings is 4. The number of rotatable bonds is 14. The molecule has 6 aromatic rings. The molecular weight excluding hydrogens is 929 g/mol. The van der Waals surface area contributed by atoms with Crippen LogP contribution in [-0.4, -0.2) is 128 Å². The predicted molar refractivity (Wildman–Crippen MR) is 282 cm³/mol. The molecule has 16 nitrogen and oxygen atoms in total. The summed E-state index contributed by atoms with van der Waals surface area (Å²) < 4.78 is 43.0. The van der Waals surface area contributed by atoms with Crippen LogP contribution < -0.4 is 44.9 Å². The minimum Gasteiger partial charge on any atom is -0.497 e. The average Bonchev–Trinajstić information content (AvgIpc) is 3.41. The van der Waals surface area contributed by atoms with Gasteiger partial charge in [-0.3, -0.25) is 9.59 Å². The molecular formula is C57H70N6O10. The molecule has 2 aromatic heterocycles. The number of carbonyl (C=O) groups excluding carboxylic acids is 1. The number of nitrogens with zero attached hydrogens (tertiary/aromatic N) is 5. The van der Waals surface area contributed by atoms with Crippen LogP contribution in [0, 0.1) is 0 Å². The fraction of sp³-hybridized carbons (Fsp3) is 0.456. The Bertz CT molecular complexity index is 2970. The van der Waals surface area contributed by atoms with Crippen LogP contribution in [0.3, 0.4) is 0 Å². The smallest absolute Gasteiger partial charge is 0.410 e. The molecule has 4 aromatic carbocycles. The molecule has 1 N–H and O–H groups in total. The Morgan fingerprint density at radius 2 is 1.05 bits per heavy atom. The van der Waals surface area contributed by atoms with Gasteiger partial charge in [0.25, 0.3) is 11.1 Å². The van der Waals surface area contributed by atoms with Crippen LogP contribution in [0.25, 0.3) is 21.8 Å². The van der Waals surface area contributed by atoms with Crippen molar-refractivity contribution in [2.45, 2.75) is 90.3 Å². The number of carbonyl (C=O) groups is 1. The van der Waals surface area contributed by atoms with Crippen LogP contribution in [-0.2, 0) is 30.9 Å². The first-order chi connectivity index (χ1) is 35.4. The lowest BCUT2D eigenvalue weighted by Gasteiger charge is -2.39. The Labute approximate surface area is 427 Å². The van der Waals surface area contributed by atoms with E-state index in [2.05, 4.69) is 27.2 Å². The zero-order valence-corrected chi connectivity index (χ0v) is 42.9. The van der Waals surface area contributed by atoms with Crippen molar-refractivity contribution in [1.29, 1.82) is 0 Å². The largest absolute Gasteiger partial charge is 0.497 e. The van der Waals surface area contributed by atoms with E-state index < -0.39 is 5.60 Å². The highest BCUT2D eigenvalue weighted by Gasteiger charge is 2.32. The van der Waals surface area contributed by atoms with Crippen LogP contribution in [0.1, 0.15) is 57.6 Å². The van der Waals surface area contributed by atoms with Crippen molar-refractivity contribution in [3.05, 3.63) is 129 Å². The fourth-order valence-corrected chi connectivity index (χ4v) is 10.1. The zero-order valence-electron chi connectivity index (χ0n) is 42.9. The van der Waals surface area contributed by atoms with Gasteiger partial charge in [-0.1, -0.05) is 12.1 Å². The quantitative estimate of drug-likeness (QED) is 0.114. The SMILES string of the molecule is COc1ccc2ccc(=O)n(CCN3CCC(N(Cc4ccc5c(c4)OCCO5)C(=O)OC(C)(C)C)CC3)c2c1.COc1ccc2ccc(=O)n(CCN3CCC(NCc4ccc5c(c4)OCCO5)CC3)c2c1. The first-order valence-electron chi connectivity index (χ1n) is 25.7. The van der Waals surface area contributed by atoms with E-state index in [1.807, 2.05) is 108 Å². The number of piperidine rings is 2. The molecule has 0 spiro atoms. The van der Waals surface area contributed by atoms with Gasteiger partial charge in [0, 0.05) is 88.7 Å². The van der Waals surface area contributed by atoms with Gasteiger partial charge < -0.3 is 62.3 Å². The number of hydrogen-bond acceptors (Lipinski definition) is 13. The highest BCUT2D eigenvalue weighted by atomic mass is 16.6. The van der Waals surface area contributed by atoms with Crippen molar-refractivity contribution >= 4 is 27.9 Å². The van der Waals surface area contributed by atoms with Crippen LogP contribution in [0.15, 0.2) is 107 Å². The third-order valence-electron chi connectivity index (χ3n) is 14.1. The molecule has 73 heavy (non-hydrogen) atoms. The summed E-state index contributed by atoms with van der Waals surface area (Å²) in [4.78, 5) is 45.3. The van der Waals surface area contributed by atoms with Crippen LogP contribution >= 0.6 is 0 Å². The van der Waals surface area contributed by atoms with Crippen LogP contribution in [0.2, 0.25) is 0 Å². The van der Waals surface area contributed by atoms with Gasteiger partial charge >= 0.3 is 6.09 Å². The van der Waals surface area contributed by atoms with E-state index in [0.29, 0.717) is 57.9 Å². The molecule has 1 amide bonds. The lowest BCUT2D eigenvalue weighted by molar-refractivity contribution is 0.00562. The van der Waals surface area contributed by atoms with Crippen molar-refractivity contribution < 1.29 is 38.0 Å². The van der Waals surface area contributed by atoms with Crippen molar-refractivity contribution in [2.75, 3.05) is 79.9 Å². The van der Waals surface area contributed by atoms with Crippen molar-refractivity contribution in [2.24, 2.45) is 0 Å².